The molecule has 2 heterocycles. The molecule has 1 aromatic rings. The number of nitrogens with zero attached hydrogens (tertiary/aromatic N) is 1. The van der Waals surface area contributed by atoms with Gasteiger partial charge < -0.3 is 4.90 Å². The maximum Gasteiger partial charge on any atom is 0.256 e. The SMILES string of the molecule is O=C1CCN2C(=O)c3c(Cl)cccc3C2C1. The maximum absolute atomic E-state index is 12.1. The van der Waals surface area contributed by atoms with Crippen molar-refractivity contribution in [3.8, 4) is 0 Å². The van der Waals surface area contributed by atoms with Crippen LogP contribution in [0.1, 0.15) is 34.8 Å². The molecule has 1 saturated heterocycles. The minimum atomic E-state index is -0.0811. The first-order valence-corrected chi connectivity index (χ1v) is 5.67. The number of ketones is 1. The van der Waals surface area contributed by atoms with Gasteiger partial charge in [-0.05, 0) is 11.6 Å². The van der Waals surface area contributed by atoms with Crippen molar-refractivity contribution in [1.29, 1.82) is 0 Å². The summed E-state index contributed by atoms with van der Waals surface area (Å²) >= 11 is 6.03. The van der Waals surface area contributed by atoms with Crippen LogP contribution < -0.4 is 0 Å². The predicted octanol–water partition coefficient (Wildman–Crippen LogP) is 2.20. The Balaban J connectivity index is 2.14. The molecular weight excluding hydrogens is 226 g/mol. The van der Waals surface area contributed by atoms with Crippen LogP contribution in [0.15, 0.2) is 18.2 Å². The second-order valence-corrected chi connectivity index (χ2v) is 4.62. The van der Waals surface area contributed by atoms with E-state index in [1.165, 1.54) is 0 Å². The number of carbonyl (C=O) groups is 2. The van der Waals surface area contributed by atoms with Gasteiger partial charge in [0, 0.05) is 19.4 Å². The van der Waals surface area contributed by atoms with E-state index in [0.717, 1.165) is 5.56 Å². The number of rotatable bonds is 0. The van der Waals surface area contributed by atoms with E-state index in [0.29, 0.717) is 30.0 Å². The van der Waals surface area contributed by atoms with Gasteiger partial charge in [-0.3, -0.25) is 9.59 Å². The molecule has 0 aromatic heterocycles. The Labute approximate surface area is 98.0 Å². The fraction of sp³-hybridized carbons (Fsp3) is 0.333. The van der Waals surface area contributed by atoms with Crippen molar-refractivity contribution in [3.63, 3.8) is 0 Å². The van der Waals surface area contributed by atoms with Crippen molar-refractivity contribution in [2.75, 3.05) is 6.54 Å². The van der Waals surface area contributed by atoms with Gasteiger partial charge in [0.05, 0.1) is 16.6 Å². The highest BCUT2D eigenvalue weighted by Crippen LogP contribution is 2.41. The molecule has 0 N–H and O–H groups in total. The summed E-state index contributed by atoms with van der Waals surface area (Å²) in [6, 6.07) is 5.36. The Morgan fingerprint density at radius 1 is 1.31 bits per heavy atom. The molecule has 2 aliphatic heterocycles. The van der Waals surface area contributed by atoms with Crippen molar-refractivity contribution in [1.82, 2.24) is 4.90 Å². The molecule has 4 heteroatoms. The Hall–Kier alpha value is -1.35. The third kappa shape index (κ3) is 1.21. The Bertz CT molecular complexity index is 498. The molecule has 1 aromatic carbocycles. The number of hydrogen-bond acceptors (Lipinski definition) is 2. The van der Waals surface area contributed by atoms with Gasteiger partial charge in [0.2, 0.25) is 0 Å². The van der Waals surface area contributed by atoms with Gasteiger partial charge in [-0.2, -0.15) is 0 Å². The zero-order valence-corrected chi connectivity index (χ0v) is 9.33. The standard InChI is InChI=1S/C12H10ClNO2/c13-9-3-1-2-8-10-6-7(15)4-5-14(10)12(16)11(8)9/h1-3,10H,4-6H2. The average Bonchev–Trinajstić information content (AvgIpc) is 2.54. The average molecular weight is 236 g/mol. The van der Waals surface area contributed by atoms with Gasteiger partial charge >= 0.3 is 0 Å². The highest BCUT2D eigenvalue weighted by molar-refractivity contribution is 6.34. The first kappa shape index (κ1) is 9.85. The number of hydrogen-bond donors (Lipinski definition) is 0. The van der Waals surface area contributed by atoms with Gasteiger partial charge in [-0.1, -0.05) is 23.7 Å². The highest BCUT2D eigenvalue weighted by atomic mass is 35.5. The van der Waals surface area contributed by atoms with Gasteiger partial charge in [-0.15, -0.1) is 0 Å². The lowest BCUT2D eigenvalue weighted by molar-refractivity contribution is -0.122. The molecular formula is C12H10ClNO2. The minimum Gasteiger partial charge on any atom is -0.331 e. The lowest BCUT2D eigenvalue weighted by atomic mass is 9.97. The summed E-state index contributed by atoms with van der Waals surface area (Å²) in [6.07, 6.45) is 0.896. The Morgan fingerprint density at radius 2 is 2.12 bits per heavy atom. The molecule has 0 spiro atoms. The number of halogens is 1. The third-order valence-electron chi connectivity index (χ3n) is 3.31. The summed E-state index contributed by atoms with van der Waals surface area (Å²) in [4.78, 5) is 25.3. The molecule has 1 unspecified atom stereocenters. The first-order valence-electron chi connectivity index (χ1n) is 5.29. The van der Waals surface area contributed by atoms with Gasteiger partial charge in [0.15, 0.2) is 0 Å². The van der Waals surface area contributed by atoms with Crippen molar-refractivity contribution in [2.45, 2.75) is 18.9 Å². The van der Waals surface area contributed by atoms with E-state index >= 15 is 0 Å². The molecule has 3 nitrogen and oxygen atoms in total. The smallest absolute Gasteiger partial charge is 0.256 e. The van der Waals surface area contributed by atoms with Crippen LogP contribution in [-0.4, -0.2) is 23.1 Å². The fourth-order valence-electron chi connectivity index (χ4n) is 2.54. The zero-order chi connectivity index (χ0) is 11.3. The normalized spacial score (nSPS) is 23.3. The molecule has 3 rings (SSSR count). The highest BCUT2D eigenvalue weighted by Gasteiger charge is 2.41. The quantitative estimate of drug-likeness (QED) is 0.691. The van der Waals surface area contributed by atoms with Crippen molar-refractivity contribution < 1.29 is 9.59 Å². The second kappa shape index (κ2) is 3.32. The van der Waals surface area contributed by atoms with Crippen LogP contribution in [-0.2, 0) is 4.79 Å². The van der Waals surface area contributed by atoms with Crippen LogP contribution in [0.3, 0.4) is 0 Å². The van der Waals surface area contributed by atoms with E-state index in [4.69, 9.17) is 11.6 Å². The number of fused-ring (bicyclic) bond motifs is 3. The maximum atomic E-state index is 12.1. The van der Waals surface area contributed by atoms with Crippen molar-refractivity contribution >= 4 is 23.3 Å². The summed E-state index contributed by atoms with van der Waals surface area (Å²) in [5.74, 6) is 0.194. The molecule has 0 radical (unpaired) electrons. The largest absolute Gasteiger partial charge is 0.331 e. The van der Waals surface area contributed by atoms with Crippen LogP contribution in [0.25, 0.3) is 0 Å². The molecule has 1 amide bonds. The summed E-state index contributed by atoms with van der Waals surface area (Å²) in [5.41, 5.74) is 1.49. The van der Waals surface area contributed by atoms with Crippen LogP contribution in [0, 0.1) is 0 Å². The van der Waals surface area contributed by atoms with E-state index in [9.17, 15) is 9.59 Å². The first-order chi connectivity index (χ1) is 7.68. The fourth-order valence-corrected chi connectivity index (χ4v) is 2.80. The summed E-state index contributed by atoms with van der Waals surface area (Å²) < 4.78 is 0. The summed E-state index contributed by atoms with van der Waals surface area (Å²) in [6.45, 7) is 0.521. The van der Waals surface area contributed by atoms with Gasteiger partial charge in [0.25, 0.3) is 5.91 Å². The van der Waals surface area contributed by atoms with Gasteiger partial charge in [0.1, 0.15) is 5.78 Å². The minimum absolute atomic E-state index is 0.0295. The number of carbonyl (C=O) groups excluding carboxylic acids is 2. The summed E-state index contributed by atoms with van der Waals surface area (Å²) in [5, 5.41) is 0.490. The molecule has 0 bridgehead atoms. The van der Waals surface area contributed by atoms with Crippen LogP contribution in [0.5, 0.6) is 0 Å². The zero-order valence-electron chi connectivity index (χ0n) is 8.57. The monoisotopic (exact) mass is 235 g/mol. The second-order valence-electron chi connectivity index (χ2n) is 4.21. The van der Waals surface area contributed by atoms with E-state index in [2.05, 4.69) is 0 Å². The van der Waals surface area contributed by atoms with Crippen LogP contribution in [0.4, 0.5) is 0 Å². The summed E-state index contributed by atoms with van der Waals surface area (Å²) in [7, 11) is 0. The number of amides is 1. The number of benzene rings is 1. The Kier molecular flexibility index (Phi) is 2.04. The topological polar surface area (TPSA) is 37.4 Å². The molecule has 2 aliphatic rings. The predicted molar refractivity (Wildman–Crippen MR) is 59.5 cm³/mol. The van der Waals surface area contributed by atoms with E-state index in [-0.39, 0.29) is 17.7 Å². The lowest BCUT2D eigenvalue weighted by Gasteiger charge is -2.28. The number of piperidine rings is 1. The molecule has 0 saturated carbocycles. The van der Waals surface area contributed by atoms with Crippen LogP contribution >= 0.6 is 11.6 Å². The Morgan fingerprint density at radius 3 is 2.94 bits per heavy atom. The van der Waals surface area contributed by atoms with Crippen LogP contribution in [0.2, 0.25) is 5.02 Å². The number of Topliss-reactive ketones (excluding diaryl/α,β-unsaturated/α-hetero) is 1. The van der Waals surface area contributed by atoms with Crippen molar-refractivity contribution in [2.24, 2.45) is 0 Å². The van der Waals surface area contributed by atoms with E-state index < -0.39 is 0 Å². The molecule has 1 fully saturated rings. The van der Waals surface area contributed by atoms with E-state index in [1.54, 1.807) is 11.0 Å². The molecule has 82 valence electrons. The van der Waals surface area contributed by atoms with Gasteiger partial charge in [-0.25, -0.2) is 0 Å². The van der Waals surface area contributed by atoms with E-state index in [1.807, 2.05) is 12.1 Å². The molecule has 1 atom stereocenters. The van der Waals surface area contributed by atoms with Crippen molar-refractivity contribution in [3.05, 3.63) is 34.3 Å². The molecule has 16 heavy (non-hydrogen) atoms. The lowest BCUT2D eigenvalue weighted by Crippen LogP contribution is -2.35. The third-order valence-corrected chi connectivity index (χ3v) is 3.62. The molecule has 0 aliphatic carbocycles.